The zero-order chi connectivity index (χ0) is 9.68. The lowest BCUT2D eigenvalue weighted by Gasteiger charge is -1.97. The predicted octanol–water partition coefficient (Wildman–Crippen LogP) is 1.81. The molecule has 1 aromatic heterocycles. The zero-order valence-corrected chi connectivity index (χ0v) is 8.69. The first kappa shape index (κ1) is 10.2. The number of esters is 1. The monoisotopic (exact) mass is 199 g/mol. The van der Waals surface area contributed by atoms with Crippen LogP contribution in [0.15, 0.2) is 6.20 Å². The van der Waals surface area contributed by atoms with E-state index < -0.39 is 0 Å². The summed E-state index contributed by atoms with van der Waals surface area (Å²) in [7, 11) is 0. The van der Waals surface area contributed by atoms with Gasteiger partial charge in [-0.25, -0.2) is 4.98 Å². The maximum absolute atomic E-state index is 11.1. The lowest BCUT2D eigenvalue weighted by Crippen LogP contribution is -2.06. The predicted molar refractivity (Wildman–Crippen MR) is 51.8 cm³/mol. The molecule has 13 heavy (non-hydrogen) atoms. The molecule has 1 heterocycles. The topological polar surface area (TPSA) is 39.2 Å². The SMILES string of the molecule is CCOC(=O)Cc1cnc(CC)s1. The number of aromatic nitrogens is 1. The summed E-state index contributed by atoms with van der Waals surface area (Å²) in [5.74, 6) is -0.172. The molecule has 0 aliphatic rings. The van der Waals surface area contributed by atoms with Gasteiger partial charge in [-0.1, -0.05) is 6.92 Å². The summed E-state index contributed by atoms with van der Waals surface area (Å²) < 4.78 is 4.83. The first-order valence-electron chi connectivity index (χ1n) is 4.35. The molecule has 0 atom stereocenters. The van der Waals surface area contributed by atoms with E-state index in [9.17, 15) is 4.79 Å². The molecule has 4 heteroatoms. The van der Waals surface area contributed by atoms with E-state index in [1.54, 1.807) is 17.5 Å². The maximum Gasteiger partial charge on any atom is 0.311 e. The van der Waals surface area contributed by atoms with Crippen LogP contribution in [-0.2, 0) is 22.4 Å². The van der Waals surface area contributed by atoms with E-state index in [1.807, 2.05) is 13.8 Å². The summed E-state index contributed by atoms with van der Waals surface area (Å²) in [6, 6.07) is 0. The van der Waals surface area contributed by atoms with Gasteiger partial charge < -0.3 is 4.74 Å². The number of hydrogen-bond donors (Lipinski definition) is 0. The summed E-state index contributed by atoms with van der Waals surface area (Å²) in [5.41, 5.74) is 0. The smallest absolute Gasteiger partial charge is 0.311 e. The van der Waals surface area contributed by atoms with E-state index in [1.165, 1.54) is 0 Å². The minimum atomic E-state index is -0.172. The van der Waals surface area contributed by atoms with E-state index in [0.717, 1.165) is 16.3 Å². The van der Waals surface area contributed by atoms with Crippen LogP contribution in [-0.4, -0.2) is 17.6 Å². The molecule has 1 aromatic rings. The molecule has 0 aliphatic heterocycles. The van der Waals surface area contributed by atoms with E-state index >= 15 is 0 Å². The lowest BCUT2D eigenvalue weighted by molar-refractivity contribution is -0.142. The van der Waals surface area contributed by atoms with Gasteiger partial charge in [0.15, 0.2) is 0 Å². The average Bonchev–Trinajstić information content (AvgIpc) is 2.52. The number of thiazole rings is 1. The third kappa shape index (κ3) is 3.14. The fourth-order valence-electron chi connectivity index (χ4n) is 0.947. The molecule has 0 aromatic carbocycles. The fourth-order valence-corrected chi connectivity index (χ4v) is 1.80. The molecule has 0 radical (unpaired) electrons. The van der Waals surface area contributed by atoms with Crippen molar-refractivity contribution >= 4 is 17.3 Å². The van der Waals surface area contributed by atoms with Crippen molar-refractivity contribution in [1.82, 2.24) is 4.98 Å². The number of aryl methyl sites for hydroxylation is 1. The maximum atomic E-state index is 11.1. The Hall–Kier alpha value is -0.900. The van der Waals surface area contributed by atoms with Crippen molar-refractivity contribution in [2.24, 2.45) is 0 Å². The number of carbonyl (C=O) groups excluding carboxylic acids is 1. The molecule has 0 spiro atoms. The first-order valence-corrected chi connectivity index (χ1v) is 5.17. The highest BCUT2D eigenvalue weighted by Crippen LogP contribution is 2.14. The summed E-state index contributed by atoms with van der Waals surface area (Å²) >= 11 is 1.58. The summed E-state index contributed by atoms with van der Waals surface area (Å²) in [4.78, 5) is 16.2. The van der Waals surface area contributed by atoms with Gasteiger partial charge in [-0.2, -0.15) is 0 Å². The van der Waals surface area contributed by atoms with Gasteiger partial charge in [0.2, 0.25) is 0 Å². The molecule has 0 amide bonds. The van der Waals surface area contributed by atoms with Crippen molar-refractivity contribution in [3.8, 4) is 0 Å². The number of carbonyl (C=O) groups is 1. The van der Waals surface area contributed by atoms with Crippen molar-refractivity contribution in [3.05, 3.63) is 16.1 Å². The molecule has 0 N–H and O–H groups in total. The molecule has 0 saturated heterocycles. The highest BCUT2D eigenvalue weighted by atomic mass is 32.1. The molecule has 72 valence electrons. The van der Waals surface area contributed by atoms with E-state index in [0.29, 0.717) is 13.0 Å². The Morgan fingerprint density at radius 3 is 2.92 bits per heavy atom. The second-order valence-corrected chi connectivity index (χ2v) is 3.76. The van der Waals surface area contributed by atoms with Crippen LogP contribution in [0.1, 0.15) is 23.7 Å². The van der Waals surface area contributed by atoms with E-state index in [-0.39, 0.29) is 5.97 Å². The van der Waals surface area contributed by atoms with Crippen molar-refractivity contribution < 1.29 is 9.53 Å². The van der Waals surface area contributed by atoms with Crippen molar-refractivity contribution in [2.45, 2.75) is 26.7 Å². The molecule has 0 bridgehead atoms. The molecular formula is C9H13NO2S. The van der Waals surface area contributed by atoms with Gasteiger partial charge in [0, 0.05) is 11.1 Å². The minimum absolute atomic E-state index is 0.172. The van der Waals surface area contributed by atoms with Crippen molar-refractivity contribution in [2.75, 3.05) is 6.61 Å². The normalized spacial score (nSPS) is 10.0. The molecule has 3 nitrogen and oxygen atoms in total. The summed E-state index contributed by atoms with van der Waals surface area (Å²) in [6.45, 7) is 4.30. The molecule has 1 rings (SSSR count). The Balaban J connectivity index is 2.49. The molecular weight excluding hydrogens is 186 g/mol. The second-order valence-electron chi connectivity index (χ2n) is 2.56. The zero-order valence-electron chi connectivity index (χ0n) is 7.87. The van der Waals surface area contributed by atoms with Crippen molar-refractivity contribution in [1.29, 1.82) is 0 Å². The molecule has 0 fully saturated rings. The Morgan fingerprint density at radius 1 is 1.62 bits per heavy atom. The third-order valence-corrected chi connectivity index (χ3v) is 2.67. The fraction of sp³-hybridized carbons (Fsp3) is 0.556. The number of hydrogen-bond acceptors (Lipinski definition) is 4. The van der Waals surface area contributed by atoms with Crippen LogP contribution in [0, 0.1) is 0 Å². The highest BCUT2D eigenvalue weighted by molar-refractivity contribution is 7.11. The van der Waals surface area contributed by atoms with Gasteiger partial charge in [-0.3, -0.25) is 4.79 Å². The minimum Gasteiger partial charge on any atom is -0.466 e. The molecule has 0 unspecified atom stereocenters. The summed E-state index contributed by atoms with van der Waals surface area (Å²) in [5, 5.41) is 1.07. The summed E-state index contributed by atoms with van der Waals surface area (Å²) in [6.07, 6.45) is 3.03. The Labute approximate surface area is 81.8 Å². The first-order chi connectivity index (χ1) is 6.26. The van der Waals surface area contributed by atoms with Crippen LogP contribution in [0.3, 0.4) is 0 Å². The second kappa shape index (κ2) is 4.97. The van der Waals surface area contributed by atoms with Crippen LogP contribution in [0.5, 0.6) is 0 Å². The number of rotatable bonds is 4. The van der Waals surface area contributed by atoms with Crippen LogP contribution in [0.4, 0.5) is 0 Å². The Morgan fingerprint density at radius 2 is 2.38 bits per heavy atom. The Bertz CT molecular complexity index is 283. The van der Waals surface area contributed by atoms with Crippen LogP contribution >= 0.6 is 11.3 Å². The van der Waals surface area contributed by atoms with Crippen LogP contribution in [0.2, 0.25) is 0 Å². The van der Waals surface area contributed by atoms with E-state index in [4.69, 9.17) is 4.74 Å². The van der Waals surface area contributed by atoms with Gasteiger partial charge in [0.05, 0.1) is 18.0 Å². The molecule has 0 saturated carbocycles. The van der Waals surface area contributed by atoms with Crippen LogP contribution in [0.25, 0.3) is 0 Å². The standard InChI is InChI=1S/C9H13NO2S/c1-3-8-10-6-7(13-8)5-9(11)12-4-2/h6H,3-5H2,1-2H3. The van der Waals surface area contributed by atoms with E-state index in [2.05, 4.69) is 4.98 Å². The van der Waals surface area contributed by atoms with Gasteiger partial charge in [-0.05, 0) is 13.3 Å². The third-order valence-electron chi connectivity index (χ3n) is 1.53. The highest BCUT2D eigenvalue weighted by Gasteiger charge is 2.06. The lowest BCUT2D eigenvalue weighted by atomic mass is 10.4. The quantitative estimate of drug-likeness (QED) is 0.694. The van der Waals surface area contributed by atoms with Gasteiger partial charge in [0.1, 0.15) is 0 Å². The average molecular weight is 199 g/mol. The van der Waals surface area contributed by atoms with Crippen LogP contribution < -0.4 is 0 Å². The van der Waals surface area contributed by atoms with Gasteiger partial charge in [-0.15, -0.1) is 11.3 Å². The largest absolute Gasteiger partial charge is 0.466 e. The van der Waals surface area contributed by atoms with Gasteiger partial charge >= 0.3 is 5.97 Å². The van der Waals surface area contributed by atoms with Gasteiger partial charge in [0.25, 0.3) is 0 Å². The number of nitrogens with zero attached hydrogens (tertiary/aromatic N) is 1. The number of ether oxygens (including phenoxy) is 1. The Kier molecular flexibility index (Phi) is 3.89. The molecule has 0 aliphatic carbocycles. The van der Waals surface area contributed by atoms with Crippen molar-refractivity contribution in [3.63, 3.8) is 0 Å².